The van der Waals surface area contributed by atoms with E-state index in [4.69, 9.17) is 0 Å². The van der Waals surface area contributed by atoms with Crippen molar-refractivity contribution in [2.24, 2.45) is 0 Å². The van der Waals surface area contributed by atoms with E-state index in [1.54, 1.807) is 35.2 Å². The minimum absolute atomic E-state index is 0.00241. The van der Waals surface area contributed by atoms with Crippen molar-refractivity contribution in [1.29, 1.82) is 0 Å². The summed E-state index contributed by atoms with van der Waals surface area (Å²) in [5.41, 5.74) is 1.29. The van der Waals surface area contributed by atoms with E-state index >= 15 is 0 Å². The number of hydrogen-bond acceptors (Lipinski definition) is 4. The lowest BCUT2D eigenvalue weighted by Gasteiger charge is -2.09. The first-order chi connectivity index (χ1) is 10.2. The van der Waals surface area contributed by atoms with Gasteiger partial charge in [-0.2, -0.15) is 0 Å². The first kappa shape index (κ1) is 14.2. The second-order valence-electron chi connectivity index (χ2n) is 4.62. The molecule has 1 aromatic heterocycles. The van der Waals surface area contributed by atoms with Gasteiger partial charge in [0.05, 0.1) is 12.2 Å². The van der Waals surface area contributed by atoms with Crippen molar-refractivity contribution in [2.45, 2.75) is 17.9 Å². The van der Waals surface area contributed by atoms with Gasteiger partial charge in [-0.3, -0.25) is 9.59 Å². The molecule has 108 valence electrons. The van der Waals surface area contributed by atoms with E-state index in [2.05, 4.69) is 10.6 Å². The van der Waals surface area contributed by atoms with Crippen LogP contribution >= 0.6 is 23.1 Å². The molecule has 0 radical (unpaired) electrons. The number of thiophene rings is 1. The number of benzene rings is 1. The van der Waals surface area contributed by atoms with Crippen LogP contribution in [0.5, 0.6) is 0 Å². The molecule has 0 spiro atoms. The highest BCUT2D eigenvalue weighted by molar-refractivity contribution is 7.99. The van der Waals surface area contributed by atoms with Gasteiger partial charge in [-0.15, -0.1) is 23.1 Å². The number of fused-ring (bicyclic) bond motifs is 1. The first-order valence-corrected chi connectivity index (χ1v) is 8.46. The first-order valence-electron chi connectivity index (χ1n) is 6.59. The Kier molecular flexibility index (Phi) is 4.26. The molecule has 1 aliphatic rings. The van der Waals surface area contributed by atoms with Crippen LogP contribution in [0.4, 0.5) is 5.69 Å². The predicted octanol–water partition coefficient (Wildman–Crippen LogP) is 3.11. The van der Waals surface area contributed by atoms with E-state index in [1.807, 2.05) is 23.6 Å². The van der Waals surface area contributed by atoms with E-state index in [0.29, 0.717) is 18.5 Å². The Labute approximate surface area is 130 Å². The minimum Gasteiger partial charge on any atom is -0.347 e. The van der Waals surface area contributed by atoms with Crippen LogP contribution in [0.3, 0.4) is 0 Å². The van der Waals surface area contributed by atoms with Gasteiger partial charge in [0.15, 0.2) is 0 Å². The molecule has 0 saturated carbocycles. The van der Waals surface area contributed by atoms with Gasteiger partial charge >= 0.3 is 0 Å². The second kappa shape index (κ2) is 6.32. The van der Waals surface area contributed by atoms with Gasteiger partial charge < -0.3 is 10.6 Å². The van der Waals surface area contributed by atoms with Crippen LogP contribution in [0.15, 0.2) is 40.6 Å². The van der Waals surface area contributed by atoms with Crippen LogP contribution in [-0.4, -0.2) is 17.6 Å². The molecule has 6 heteroatoms. The summed E-state index contributed by atoms with van der Waals surface area (Å²) in [7, 11) is 0. The van der Waals surface area contributed by atoms with Gasteiger partial charge in [-0.25, -0.2) is 0 Å². The number of hydrogen-bond donors (Lipinski definition) is 2. The van der Waals surface area contributed by atoms with Gasteiger partial charge in [0.1, 0.15) is 0 Å². The SMILES string of the molecule is O=C1CCSc2ccc(C(=O)NCc3cccs3)cc2N1. The summed E-state index contributed by atoms with van der Waals surface area (Å²) in [6, 6.07) is 9.38. The Morgan fingerprint density at radius 2 is 2.24 bits per heavy atom. The van der Waals surface area contributed by atoms with Crippen LogP contribution in [0, 0.1) is 0 Å². The van der Waals surface area contributed by atoms with Gasteiger partial charge in [0.2, 0.25) is 5.91 Å². The third-order valence-corrected chi connectivity index (χ3v) is 5.06. The lowest BCUT2D eigenvalue weighted by Crippen LogP contribution is -2.22. The van der Waals surface area contributed by atoms with E-state index in [-0.39, 0.29) is 11.8 Å². The largest absolute Gasteiger partial charge is 0.347 e. The zero-order valence-corrected chi connectivity index (χ0v) is 12.9. The molecule has 0 bridgehead atoms. The molecule has 0 atom stereocenters. The Morgan fingerprint density at radius 1 is 1.33 bits per heavy atom. The summed E-state index contributed by atoms with van der Waals surface area (Å²) in [5, 5.41) is 7.72. The summed E-state index contributed by atoms with van der Waals surface area (Å²) < 4.78 is 0. The molecule has 0 saturated heterocycles. The van der Waals surface area contributed by atoms with E-state index in [0.717, 1.165) is 21.2 Å². The number of carbonyl (C=O) groups excluding carboxylic acids is 2. The highest BCUT2D eigenvalue weighted by atomic mass is 32.2. The molecule has 0 fully saturated rings. The highest BCUT2D eigenvalue weighted by Crippen LogP contribution is 2.31. The molecule has 0 unspecified atom stereocenters. The number of rotatable bonds is 3. The fourth-order valence-electron chi connectivity index (χ4n) is 2.04. The van der Waals surface area contributed by atoms with Crippen molar-refractivity contribution in [3.05, 3.63) is 46.2 Å². The van der Waals surface area contributed by atoms with E-state index in [9.17, 15) is 9.59 Å². The Bertz CT molecular complexity index is 668. The summed E-state index contributed by atoms with van der Waals surface area (Å²) in [4.78, 5) is 25.9. The van der Waals surface area contributed by atoms with Gasteiger partial charge in [-0.05, 0) is 29.6 Å². The fraction of sp³-hybridized carbons (Fsp3) is 0.200. The minimum atomic E-state index is -0.130. The summed E-state index contributed by atoms with van der Waals surface area (Å²) in [5.74, 6) is 0.634. The molecule has 1 aliphatic heterocycles. The number of anilines is 1. The molecule has 2 heterocycles. The molecular formula is C15H14N2O2S2. The van der Waals surface area contributed by atoms with E-state index < -0.39 is 0 Å². The summed E-state index contributed by atoms with van der Waals surface area (Å²) >= 11 is 3.24. The molecule has 1 aromatic carbocycles. The number of carbonyl (C=O) groups is 2. The molecule has 2 N–H and O–H groups in total. The molecule has 4 nitrogen and oxygen atoms in total. The van der Waals surface area contributed by atoms with Gasteiger partial charge in [0.25, 0.3) is 5.91 Å². The smallest absolute Gasteiger partial charge is 0.251 e. The molecule has 2 amide bonds. The Hall–Kier alpha value is -1.79. The maximum absolute atomic E-state index is 12.2. The number of amides is 2. The zero-order chi connectivity index (χ0) is 14.7. The van der Waals surface area contributed by atoms with Crippen molar-refractivity contribution >= 4 is 40.6 Å². The standard InChI is InChI=1S/C15H14N2O2S2/c18-14-5-7-21-13-4-3-10(8-12(13)17-14)15(19)16-9-11-2-1-6-20-11/h1-4,6,8H,5,7,9H2,(H,16,19)(H,17,18). The summed E-state index contributed by atoms with van der Waals surface area (Å²) in [6.45, 7) is 0.523. The van der Waals surface area contributed by atoms with Crippen LogP contribution < -0.4 is 10.6 Å². The number of thioether (sulfide) groups is 1. The monoisotopic (exact) mass is 318 g/mol. The molecular weight excluding hydrogens is 304 g/mol. The number of nitrogens with one attached hydrogen (secondary N) is 2. The average molecular weight is 318 g/mol. The highest BCUT2D eigenvalue weighted by Gasteiger charge is 2.15. The maximum atomic E-state index is 12.2. The average Bonchev–Trinajstić information content (AvgIpc) is 2.92. The van der Waals surface area contributed by atoms with E-state index in [1.165, 1.54) is 0 Å². The van der Waals surface area contributed by atoms with Crippen molar-refractivity contribution in [3.8, 4) is 0 Å². The third kappa shape index (κ3) is 3.46. The normalized spacial score (nSPS) is 14.0. The van der Waals surface area contributed by atoms with Crippen LogP contribution in [0.2, 0.25) is 0 Å². The topological polar surface area (TPSA) is 58.2 Å². The third-order valence-electron chi connectivity index (χ3n) is 3.11. The molecule has 3 rings (SSSR count). The lowest BCUT2D eigenvalue weighted by atomic mass is 10.2. The predicted molar refractivity (Wildman–Crippen MR) is 85.9 cm³/mol. The molecule has 2 aromatic rings. The van der Waals surface area contributed by atoms with Crippen LogP contribution in [-0.2, 0) is 11.3 Å². The Morgan fingerprint density at radius 3 is 3.05 bits per heavy atom. The summed E-state index contributed by atoms with van der Waals surface area (Å²) in [6.07, 6.45) is 0.499. The Balaban J connectivity index is 1.73. The van der Waals surface area contributed by atoms with Crippen molar-refractivity contribution in [1.82, 2.24) is 5.32 Å². The van der Waals surface area contributed by atoms with Gasteiger partial charge in [0, 0.05) is 27.5 Å². The second-order valence-corrected chi connectivity index (χ2v) is 6.79. The van der Waals surface area contributed by atoms with Crippen molar-refractivity contribution in [3.63, 3.8) is 0 Å². The van der Waals surface area contributed by atoms with Crippen LogP contribution in [0.25, 0.3) is 0 Å². The molecule has 21 heavy (non-hydrogen) atoms. The zero-order valence-electron chi connectivity index (χ0n) is 11.2. The molecule has 0 aliphatic carbocycles. The van der Waals surface area contributed by atoms with Gasteiger partial charge in [-0.1, -0.05) is 6.07 Å². The van der Waals surface area contributed by atoms with Crippen molar-refractivity contribution < 1.29 is 9.59 Å². The maximum Gasteiger partial charge on any atom is 0.251 e. The fourth-order valence-corrected chi connectivity index (χ4v) is 3.63. The van der Waals surface area contributed by atoms with Crippen LogP contribution in [0.1, 0.15) is 21.7 Å². The lowest BCUT2D eigenvalue weighted by molar-refractivity contribution is -0.115. The quantitative estimate of drug-likeness (QED) is 0.914. The van der Waals surface area contributed by atoms with Crippen molar-refractivity contribution in [2.75, 3.05) is 11.1 Å².